The molecule has 0 bridgehead atoms. The molecule has 2 aromatic carbocycles. The second-order valence-corrected chi connectivity index (χ2v) is 7.13. The Hall–Kier alpha value is -3.08. The molecule has 0 N–H and O–H groups in total. The molecule has 0 aromatic heterocycles. The Kier molecular flexibility index (Phi) is 4.67. The molecule has 0 saturated carbocycles. The van der Waals surface area contributed by atoms with Gasteiger partial charge in [-0.05, 0) is 12.1 Å². The Bertz CT molecular complexity index is 948. The maximum Gasteiger partial charge on any atom is 0.314 e. The number of anilines is 1. The second-order valence-electron chi connectivity index (χ2n) is 7.13. The third-order valence-corrected chi connectivity index (χ3v) is 5.64. The zero-order valence-electron chi connectivity index (χ0n) is 15.3. The number of carbonyl (C=O) groups excluding carboxylic acids is 2. The van der Waals surface area contributed by atoms with Gasteiger partial charge in [-0.15, -0.1) is 5.26 Å². The highest BCUT2D eigenvalue weighted by molar-refractivity contribution is 6.22. The van der Waals surface area contributed by atoms with E-state index in [-0.39, 0.29) is 16.6 Å². The molecule has 142 valence electrons. The van der Waals surface area contributed by atoms with Gasteiger partial charge in [0.15, 0.2) is 0 Å². The molecule has 4 rings (SSSR count). The van der Waals surface area contributed by atoms with E-state index in [4.69, 9.17) is 0 Å². The third kappa shape index (κ3) is 2.97. The minimum atomic E-state index is -0.608. The first-order chi connectivity index (χ1) is 13.6. The lowest BCUT2D eigenvalue weighted by atomic mass is 10.1. The van der Waals surface area contributed by atoms with Gasteiger partial charge in [0.25, 0.3) is 5.91 Å². The van der Waals surface area contributed by atoms with Gasteiger partial charge in [0.1, 0.15) is 24.6 Å². The molecule has 2 fully saturated rings. The van der Waals surface area contributed by atoms with E-state index in [1.807, 2.05) is 35.2 Å². The van der Waals surface area contributed by atoms with Crippen molar-refractivity contribution in [2.45, 2.75) is 12.5 Å². The summed E-state index contributed by atoms with van der Waals surface area (Å²) in [5, 5.41) is 9.79. The molecule has 2 aromatic rings. The summed E-state index contributed by atoms with van der Waals surface area (Å²) in [5.41, 5.74) is 0.926. The van der Waals surface area contributed by atoms with Crippen LogP contribution in [0.1, 0.15) is 6.42 Å². The molecule has 0 aliphatic carbocycles. The maximum atomic E-state index is 14.1. The van der Waals surface area contributed by atoms with Crippen LogP contribution in [-0.2, 0) is 9.59 Å². The Morgan fingerprint density at radius 2 is 1.64 bits per heavy atom. The van der Waals surface area contributed by atoms with Crippen LogP contribution in [0, 0.1) is 17.3 Å². The lowest BCUT2D eigenvalue weighted by Crippen LogP contribution is -2.60. The molecular formula is C21H20FN4O2+. The van der Waals surface area contributed by atoms with Gasteiger partial charge in [0, 0.05) is 12.1 Å². The standard InChI is InChI=1S/C21H20FN4O2/c22-17-8-4-5-9-18(17)25-20(27)14-19(21(25)28)24-10-12-26(15-23,13-11-24)16-6-2-1-3-7-16/h1-9,19H,10-14H2/q+1/t19-/m1/s1. The van der Waals surface area contributed by atoms with Crippen molar-refractivity contribution in [3.63, 3.8) is 0 Å². The number of quaternary nitrogens is 1. The first-order valence-corrected chi connectivity index (χ1v) is 9.25. The van der Waals surface area contributed by atoms with E-state index in [9.17, 15) is 19.2 Å². The van der Waals surface area contributed by atoms with Crippen molar-refractivity contribution in [3.8, 4) is 6.19 Å². The number of imide groups is 1. The van der Waals surface area contributed by atoms with Crippen molar-refractivity contribution in [1.29, 1.82) is 5.26 Å². The monoisotopic (exact) mass is 379 g/mol. The zero-order valence-corrected chi connectivity index (χ0v) is 15.3. The Labute approximate surface area is 162 Å². The van der Waals surface area contributed by atoms with Crippen LogP contribution in [0.5, 0.6) is 0 Å². The summed E-state index contributed by atoms with van der Waals surface area (Å²) in [6, 6.07) is 14.8. The number of benzene rings is 2. The Morgan fingerprint density at radius 1 is 1.00 bits per heavy atom. The van der Waals surface area contributed by atoms with Gasteiger partial charge in [-0.1, -0.05) is 30.3 Å². The number of carbonyl (C=O) groups is 2. The first kappa shape index (κ1) is 18.3. The van der Waals surface area contributed by atoms with Crippen LogP contribution in [0.15, 0.2) is 54.6 Å². The lowest BCUT2D eigenvalue weighted by Gasteiger charge is -2.39. The summed E-state index contributed by atoms with van der Waals surface area (Å²) in [6.45, 7) is 2.07. The van der Waals surface area contributed by atoms with Crippen molar-refractivity contribution in [2.75, 3.05) is 31.1 Å². The van der Waals surface area contributed by atoms with Crippen LogP contribution in [-0.4, -0.2) is 48.9 Å². The molecule has 0 spiro atoms. The molecule has 0 unspecified atom stereocenters. The number of amides is 2. The maximum absolute atomic E-state index is 14.1. The predicted octanol–water partition coefficient (Wildman–Crippen LogP) is 2.26. The number of hydrogen-bond acceptors (Lipinski definition) is 4. The van der Waals surface area contributed by atoms with Gasteiger partial charge < -0.3 is 0 Å². The van der Waals surface area contributed by atoms with Gasteiger partial charge in [0.2, 0.25) is 5.91 Å². The van der Waals surface area contributed by atoms with E-state index in [0.717, 1.165) is 10.6 Å². The molecule has 2 heterocycles. The summed E-state index contributed by atoms with van der Waals surface area (Å²) in [7, 11) is 0. The van der Waals surface area contributed by atoms with Crippen LogP contribution in [0.25, 0.3) is 0 Å². The molecule has 0 radical (unpaired) electrons. The highest BCUT2D eigenvalue weighted by atomic mass is 19.1. The van der Waals surface area contributed by atoms with E-state index in [1.165, 1.54) is 18.2 Å². The van der Waals surface area contributed by atoms with Crippen molar-refractivity contribution in [2.24, 2.45) is 0 Å². The van der Waals surface area contributed by atoms with Crippen LogP contribution >= 0.6 is 0 Å². The molecule has 2 aliphatic heterocycles. The predicted molar refractivity (Wildman–Crippen MR) is 102 cm³/mol. The Morgan fingerprint density at radius 3 is 2.29 bits per heavy atom. The third-order valence-electron chi connectivity index (χ3n) is 5.64. The minimum absolute atomic E-state index is 0.00319. The number of rotatable bonds is 3. The summed E-state index contributed by atoms with van der Waals surface area (Å²) < 4.78 is 14.3. The molecule has 1 atom stereocenters. The van der Waals surface area contributed by atoms with Gasteiger partial charge >= 0.3 is 6.19 Å². The smallest absolute Gasteiger partial charge is 0.280 e. The molecule has 7 heteroatoms. The van der Waals surface area contributed by atoms with E-state index in [0.29, 0.717) is 26.2 Å². The van der Waals surface area contributed by atoms with Gasteiger partial charge in [-0.2, -0.15) is 4.48 Å². The summed E-state index contributed by atoms with van der Waals surface area (Å²) in [4.78, 5) is 28.2. The van der Waals surface area contributed by atoms with Crippen LogP contribution in [0.2, 0.25) is 0 Å². The molecule has 28 heavy (non-hydrogen) atoms. The van der Waals surface area contributed by atoms with Crippen LogP contribution < -0.4 is 9.38 Å². The molecular weight excluding hydrogens is 359 g/mol. The van der Waals surface area contributed by atoms with Crippen molar-refractivity contribution >= 4 is 23.2 Å². The van der Waals surface area contributed by atoms with Gasteiger partial charge in [0.05, 0.1) is 31.2 Å². The van der Waals surface area contributed by atoms with Gasteiger partial charge in [-0.25, -0.2) is 9.29 Å². The largest absolute Gasteiger partial charge is 0.314 e. The second kappa shape index (κ2) is 7.15. The average molecular weight is 379 g/mol. The SMILES string of the molecule is N#C[N+]1(c2ccccc2)CCN([C@@H]2CC(=O)N(c3ccccc3F)C2=O)CC1. The molecule has 2 aliphatic rings. The Balaban J connectivity index is 1.51. The van der Waals surface area contributed by atoms with E-state index >= 15 is 0 Å². The summed E-state index contributed by atoms with van der Waals surface area (Å²) in [5.74, 6) is -1.38. The quantitative estimate of drug-likeness (QED) is 0.466. The number of halogens is 1. The zero-order chi connectivity index (χ0) is 19.7. The molecule has 2 saturated heterocycles. The number of para-hydroxylation sites is 2. The summed E-state index contributed by atoms with van der Waals surface area (Å²) >= 11 is 0. The first-order valence-electron chi connectivity index (χ1n) is 9.25. The molecule has 2 amide bonds. The van der Waals surface area contributed by atoms with Crippen LogP contribution in [0.4, 0.5) is 15.8 Å². The number of nitrogens with zero attached hydrogens (tertiary/aromatic N) is 4. The lowest BCUT2D eigenvalue weighted by molar-refractivity contribution is -0.123. The molecule has 6 nitrogen and oxygen atoms in total. The summed E-state index contributed by atoms with van der Waals surface area (Å²) in [6.07, 6.45) is 2.44. The fourth-order valence-electron chi connectivity index (χ4n) is 4.05. The minimum Gasteiger partial charge on any atom is -0.280 e. The van der Waals surface area contributed by atoms with E-state index < -0.39 is 23.7 Å². The number of piperazine rings is 1. The number of nitriles is 1. The van der Waals surface area contributed by atoms with E-state index in [1.54, 1.807) is 6.07 Å². The van der Waals surface area contributed by atoms with Crippen molar-refractivity contribution in [1.82, 2.24) is 9.38 Å². The highest BCUT2D eigenvalue weighted by Gasteiger charge is 2.46. The van der Waals surface area contributed by atoms with Crippen LogP contribution in [0.3, 0.4) is 0 Å². The highest BCUT2D eigenvalue weighted by Crippen LogP contribution is 2.30. The van der Waals surface area contributed by atoms with Gasteiger partial charge in [-0.3, -0.25) is 14.5 Å². The fourth-order valence-corrected chi connectivity index (χ4v) is 4.05. The fraction of sp³-hybridized carbons (Fsp3) is 0.286. The number of hydrogen-bond donors (Lipinski definition) is 0. The van der Waals surface area contributed by atoms with Crippen molar-refractivity contribution in [3.05, 3.63) is 60.4 Å². The van der Waals surface area contributed by atoms with E-state index in [2.05, 4.69) is 6.19 Å². The normalized spacial score (nSPS) is 22.3. The topological polar surface area (TPSA) is 64.4 Å². The average Bonchev–Trinajstić information content (AvgIpc) is 3.03. The van der Waals surface area contributed by atoms with Crippen molar-refractivity contribution < 1.29 is 14.0 Å².